The Morgan fingerprint density at radius 2 is 2.00 bits per heavy atom. The zero-order valence-electron chi connectivity index (χ0n) is 11.2. The van der Waals surface area contributed by atoms with E-state index in [9.17, 15) is 0 Å². The summed E-state index contributed by atoms with van der Waals surface area (Å²) in [6.45, 7) is 10.4. The van der Waals surface area contributed by atoms with Gasteiger partial charge in [0.2, 0.25) is 0 Å². The zero-order valence-corrected chi connectivity index (χ0v) is 11.2. The average Bonchev–Trinajstić information content (AvgIpc) is 2.73. The molecule has 2 nitrogen and oxygen atoms in total. The number of nitrogens with zero attached hydrogens (tertiary/aromatic N) is 1. The van der Waals surface area contributed by atoms with E-state index < -0.39 is 0 Å². The Morgan fingerprint density at radius 3 is 2.50 bits per heavy atom. The maximum absolute atomic E-state index is 6.12. The van der Waals surface area contributed by atoms with Gasteiger partial charge in [0, 0.05) is 19.1 Å². The van der Waals surface area contributed by atoms with Crippen LogP contribution in [0.15, 0.2) is 0 Å². The maximum Gasteiger partial charge on any atom is 0.0710 e. The molecule has 94 valence electrons. The van der Waals surface area contributed by atoms with Crippen LogP contribution in [0.25, 0.3) is 0 Å². The number of likely N-dealkylation sites (tertiary alicyclic amines) is 1. The fourth-order valence-corrected chi connectivity index (χ4v) is 3.18. The first-order chi connectivity index (χ1) is 7.69. The minimum absolute atomic E-state index is 0.268. The monoisotopic (exact) mass is 225 g/mol. The summed E-state index contributed by atoms with van der Waals surface area (Å²) in [7, 11) is 0. The topological polar surface area (TPSA) is 12.5 Å². The van der Waals surface area contributed by atoms with E-state index in [4.69, 9.17) is 4.74 Å². The van der Waals surface area contributed by atoms with Gasteiger partial charge < -0.3 is 9.64 Å². The van der Waals surface area contributed by atoms with Crippen molar-refractivity contribution < 1.29 is 4.74 Å². The second-order valence-corrected chi connectivity index (χ2v) is 5.77. The summed E-state index contributed by atoms with van der Waals surface area (Å²) < 4.78 is 6.12. The largest absolute Gasteiger partial charge is 0.375 e. The zero-order chi connectivity index (χ0) is 11.6. The molecule has 1 spiro atoms. The number of rotatable bonds is 3. The standard InChI is InChI=1S/C14H27NO/c1-4-12(3)15-8-6-14(7-9-15)10-13(5-2)11-16-14/h12-13H,4-11H2,1-3H3. The average molecular weight is 225 g/mol. The van der Waals surface area contributed by atoms with Gasteiger partial charge in [-0.25, -0.2) is 0 Å². The first-order valence-corrected chi connectivity index (χ1v) is 7.07. The fourth-order valence-electron chi connectivity index (χ4n) is 3.18. The van der Waals surface area contributed by atoms with Crippen molar-refractivity contribution in [3.8, 4) is 0 Å². The van der Waals surface area contributed by atoms with Gasteiger partial charge in [0.05, 0.1) is 12.2 Å². The van der Waals surface area contributed by atoms with E-state index in [0.29, 0.717) is 0 Å². The Labute approximate surface area is 100 Å². The van der Waals surface area contributed by atoms with E-state index in [-0.39, 0.29) is 5.60 Å². The molecular formula is C14H27NO. The summed E-state index contributed by atoms with van der Waals surface area (Å²) in [4.78, 5) is 2.63. The molecule has 2 aliphatic rings. The SMILES string of the molecule is CCC1COC2(CCN(C(C)CC)CC2)C1. The third kappa shape index (κ3) is 2.43. The number of hydrogen-bond acceptors (Lipinski definition) is 2. The van der Waals surface area contributed by atoms with E-state index in [0.717, 1.165) is 18.6 Å². The highest BCUT2D eigenvalue weighted by Crippen LogP contribution is 2.39. The Kier molecular flexibility index (Phi) is 3.91. The number of hydrogen-bond donors (Lipinski definition) is 0. The molecule has 2 unspecified atom stereocenters. The Balaban J connectivity index is 1.85. The Morgan fingerprint density at radius 1 is 1.31 bits per heavy atom. The summed E-state index contributed by atoms with van der Waals surface area (Å²) in [6.07, 6.45) is 6.39. The maximum atomic E-state index is 6.12. The molecule has 2 heterocycles. The van der Waals surface area contributed by atoms with Gasteiger partial charge in [-0.05, 0) is 38.5 Å². The summed E-state index contributed by atoms with van der Waals surface area (Å²) in [6, 6.07) is 0.751. The molecular weight excluding hydrogens is 198 g/mol. The highest BCUT2D eigenvalue weighted by atomic mass is 16.5. The number of piperidine rings is 1. The molecule has 2 rings (SSSR count). The van der Waals surface area contributed by atoms with Crippen LogP contribution in [0.3, 0.4) is 0 Å². The van der Waals surface area contributed by atoms with Crippen LogP contribution in [-0.2, 0) is 4.74 Å². The quantitative estimate of drug-likeness (QED) is 0.732. The van der Waals surface area contributed by atoms with E-state index in [1.807, 2.05) is 0 Å². The molecule has 2 saturated heterocycles. The molecule has 0 aromatic rings. The summed E-state index contributed by atoms with van der Waals surface area (Å²) in [5.74, 6) is 0.829. The summed E-state index contributed by atoms with van der Waals surface area (Å²) in [5.41, 5.74) is 0.268. The lowest BCUT2D eigenvalue weighted by Gasteiger charge is -2.41. The molecule has 0 amide bonds. The lowest BCUT2D eigenvalue weighted by Crippen LogP contribution is -2.47. The van der Waals surface area contributed by atoms with Gasteiger partial charge >= 0.3 is 0 Å². The van der Waals surface area contributed by atoms with Crippen LogP contribution in [0.5, 0.6) is 0 Å². The van der Waals surface area contributed by atoms with E-state index in [2.05, 4.69) is 25.7 Å². The van der Waals surface area contributed by atoms with Crippen molar-refractivity contribution in [3.05, 3.63) is 0 Å². The van der Waals surface area contributed by atoms with E-state index in [1.165, 1.54) is 45.2 Å². The van der Waals surface area contributed by atoms with Gasteiger partial charge in [0.25, 0.3) is 0 Å². The minimum Gasteiger partial charge on any atom is -0.375 e. The Bertz CT molecular complexity index is 221. The van der Waals surface area contributed by atoms with E-state index >= 15 is 0 Å². The van der Waals surface area contributed by atoms with Crippen molar-refractivity contribution in [2.24, 2.45) is 5.92 Å². The molecule has 0 N–H and O–H groups in total. The fraction of sp³-hybridized carbons (Fsp3) is 1.00. The second-order valence-electron chi connectivity index (χ2n) is 5.77. The highest BCUT2D eigenvalue weighted by Gasteiger charge is 2.42. The molecule has 2 fully saturated rings. The van der Waals surface area contributed by atoms with Gasteiger partial charge in [-0.3, -0.25) is 0 Å². The molecule has 0 radical (unpaired) electrons. The molecule has 2 aliphatic heterocycles. The molecule has 2 atom stereocenters. The van der Waals surface area contributed by atoms with Crippen LogP contribution in [0.1, 0.15) is 52.9 Å². The van der Waals surface area contributed by atoms with Crippen molar-refractivity contribution in [2.75, 3.05) is 19.7 Å². The molecule has 16 heavy (non-hydrogen) atoms. The van der Waals surface area contributed by atoms with Crippen LogP contribution in [0.2, 0.25) is 0 Å². The highest BCUT2D eigenvalue weighted by molar-refractivity contribution is 4.94. The van der Waals surface area contributed by atoms with Gasteiger partial charge in [0.1, 0.15) is 0 Å². The third-order valence-corrected chi connectivity index (χ3v) is 4.79. The van der Waals surface area contributed by atoms with Crippen LogP contribution in [0.4, 0.5) is 0 Å². The third-order valence-electron chi connectivity index (χ3n) is 4.79. The summed E-state index contributed by atoms with van der Waals surface area (Å²) >= 11 is 0. The van der Waals surface area contributed by atoms with Crippen LogP contribution in [0, 0.1) is 5.92 Å². The van der Waals surface area contributed by atoms with Crippen molar-refractivity contribution in [1.29, 1.82) is 0 Å². The van der Waals surface area contributed by atoms with Gasteiger partial charge in [-0.2, -0.15) is 0 Å². The first kappa shape index (κ1) is 12.4. The lowest BCUT2D eigenvalue weighted by atomic mass is 9.84. The smallest absolute Gasteiger partial charge is 0.0710 e. The first-order valence-electron chi connectivity index (χ1n) is 7.07. The predicted molar refractivity (Wildman–Crippen MR) is 67.6 cm³/mol. The van der Waals surface area contributed by atoms with Crippen LogP contribution in [-0.4, -0.2) is 36.2 Å². The van der Waals surface area contributed by atoms with Crippen LogP contribution >= 0.6 is 0 Å². The molecule has 2 heteroatoms. The normalized spacial score (nSPS) is 32.1. The van der Waals surface area contributed by atoms with Crippen molar-refractivity contribution in [1.82, 2.24) is 4.90 Å². The van der Waals surface area contributed by atoms with Gasteiger partial charge in [0.15, 0.2) is 0 Å². The van der Waals surface area contributed by atoms with Gasteiger partial charge in [-0.15, -0.1) is 0 Å². The predicted octanol–water partition coefficient (Wildman–Crippen LogP) is 3.07. The Hall–Kier alpha value is -0.0800. The van der Waals surface area contributed by atoms with Crippen molar-refractivity contribution in [3.63, 3.8) is 0 Å². The minimum atomic E-state index is 0.268. The molecule has 0 aromatic carbocycles. The molecule has 0 aliphatic carbocycles. The number of ether oxygens (including phenoxy) is 1. The summed E-state index contributed by atoms with van der Waals surface area (Å²) in [5, 5.41) is 0. The lowest BCUT2D eigenvalue weighted by molar-refractivity contribution is -0.0500. The second kappa shape index (κ2) is 5.05. The molecule has 0 bridgehead atoms. The van der Waals surface area contributed by atoms with Crippen molar-refractivity contribution in [2.45, 2.75) is 64.5 Å². The van der Waals surface area contributed by atoms with Gasteiger partial charge in [-0.1, -0.05) is 20.3 Å². The van der Waals surface area contributed by atoms with Crippen LogP contribution < -0.4 is 0 Å². The molecule has 0 aromatic heterocycles. The van der Waals surface area contributed by atoms with E-state index in [1.54, 1.807) is 0 Å². The van der Waals surface area contributed by atoms with Crippen molar-refractivity contribution >= 4 is 0 Å². The molecule has 0 saturated carbocycles.